The molecule has 1 aromatic carbocycles. The van der Waals surface area contributed by atoms with Crippen molar-refractivity contribution in [2.45, 2.75) is 25.9 Å². The van der Waals surface area contributed by atoms with Gasteiger partial charge in [0.2, 0.25) is 7.85 Å². The van der Waals surface area contributed by atoms with Crippen LogP contribution in [0.1, 0.15) is 18.9 Å². The molecule has 1 heterocycles. The number of nitrogens with zero attached hydrogens (tertiary/aromatic N) is 1. The fraction of sp³-hybridized carbons (Fsp3) is 0.500. The van der Waals surface area contributed by atoms with Crippen LogP contribution in [0.5, 0.6) is 0 Å². The first-order chi connectivity index (χ1) is 10.6. The maximum absolute atomic E-state index is 11.7. The maximum atomic E-state index is 11.7. The Hall–Kier alpha value is -1.82. The number of esters is 1. The number of benzene rings is 1. The van der Waals surface area contributed by atoms with Gasteiger partial charge in [0.05, 0.1) is 13.0 Å². The van der Waals surface area contributed by atoms with Crippen molar-refractivity contribution >= 4 is 19.6 Å². The van der Waals surface area contributed by atoms with Crippen molar-refractivity contribution in [2.24, 2.45) is 5.92 Å². The zero-order valence-corrected chi connectivity index (χ0v) is 12.8. The van der Waals surface area contributed by atoms with E-state index in [0.29, 0.717) is 19.6 Å². The van der Waals surface area contributed by atoms with E-state index in [4.69, 9.17) is 12.6 Å². The Morgan fingerprint density at radius 3 is 2.68 bits per heavy atom. The van der Waals surface area contributed by atoms with E-state index in [1.54, 1.807) is 6.92 Å². The predicted octanol–water partition coefficient (Wildman–Crippen LogP) is 1.32. The average Bonchev–Trinajstić information content (AvgIpc) is 2.81. The first kappa shape index (κ1) is 16.6. The highest BCUT2D eigenvalue weighted by Gasteiger charge is 2.34. The number of nitrogens with one attached hydrogen (secondary N) is 1. The van der Waals surface area contributed by atoms with Gasteiger partial charge in [-0.25, -0.2) is 0 Å². The lowest BCUT2D eigenvalue weighted by atomic mass is 9.98. The van der Waals surface area contributed by atoms with Gasteiger partial charge in [-0.3, -0.25) is 14.5 Å². The molecule has 0 aliphatic carbocycles. The smallest absolute Gasteiger partial charge is 0.306 e. The van der Waals surface area contributed by atoms with Gasteiger partial charge in [0, 0.05) is 31.6 Å². The Morgan fingerprint density at radius 2 is 2.05 bits per heavy atom. The lowest BCUT2D eigenvalue weighted by Gasteiger charge is -2.18. The highest BCUT2D eigenvalue weighted by Crippen LogP contribution is 2.23. The molecule has 0 bridgehead atoms. The summed E-state index contributed by atoms with van der Waals surface area (Å²) in [5.74, 6) is -0.763. The Bertz CT molecular complexity index is 509. The molecular formula is C16H21BN2O3. The SMILES string of the molecule is [B]C(=O)NC1CN(Cc2ccccc2)C[C@@H]1CC(=O)OCC. The van der Waals surface area contributed by atoms with E-state index in [1.165, 1.54) is 5.56 Å². The van der Waals surface area contributed by atoms with E-state index in [9.17, 15) is 9.59 Å². The van der Waals surface area contributed by atoms with Crippen molar-refractivity contribution in [3.05, 3.63) is 35.9 Å². The third kappa shape index (κ3) is 4.88. The molecular weight excluding hydrogens is 279 g/mol. The van der Waals surface area contributed by atoms with Gasteiger partial charge in [-0.05, 0) is 12.5 Å². The van der Waals surface area contributed by atoms with Crippen LogP contribution in [0.3, 0.4) is 0 Å². The summed E-state index contributed by atoms with van der Waals surface area (Å²) in [7, 11) is 5.24. The molecule has 116 valence electrons. The van der Waals surface area contributed by atoms with Gasteiger partial charge in [0.1, 0.15) is 0 Å². The highest BCUT2D eigenvalue weighted by atomic mass is 16.5. The molecule has 22 heavy (non-hydrogen) atoms. The van der Waals surface area contributed by atoms with Crippen molar-refractivity contribution in [3.63, 3.8) is 0 Å². The van der Waals surface area contributed by atoms with Crippen LogP contribution in [0.25, 0.3) is 0 Å². The second kappa shape index (κ2) is 7.99. The monoisotopic (exact) mass is 300 g/mol. The van der Waals surface area contributed by atoms with Crippen molar-refractivity contribution in [3.8, 4) is 0 Å². The summed E-state index contributed by atoms with van der Waals surface area (Å²) in [6.45, 7) is 4.36. The van der Waals surface area contributed by atoms with E-state index >= 15 is 0 Å². The molecule has 1 unspecified atom stereocenters. The molecule has 1 N–H and O–H groups in total. The van der Waals surface area contributed by atoms with E-state index in [1.807, 2.05) is 18.2 Å². The summed E-state index contributed by atoms with van der Waals surface area (Å²) in [6.07, 6.45) is 0.296. The normalized spacial score (nSPS) is 21.5. The summed E-state index contributed by atoms with van der Waals surface area (Å²) in [4.78, 5) is 25.1. The zero-order chi connectivity index (χ0) is 15.9. The fourth-order valence-corrected chi connectivity index (χ4v) is 2.92. The van der Waals surface area contributed by atoms with Crippen LogP contribution < -0.4 is 5.32 Å². The number of hydrogen-bond donors (Lipinski definition) is 1. The molecule has 2 rings (SSSR count). The first-order valence-electron chi connectivity index (χ1n) is 7.56. The largest absolute Gasteiger partial charge is 0.466 e. The number of hydrogen-bond acceptors (Lipinski definition) is 4. The van der Waals surface area contributed by atoms with Gasteiger partial charge in [0.15, 0.2) is 5.81 Å². The quantitative estimate of drug-likeness (QED) is 0.636. The van der Waals surface area contributed by atoms with E-state index in [-0.39, 0.29) is 17.9 Å². The second-order valence-electron chi connectivity index (χ2n) is 5.56. The van der Waals surface area contributed by atoms with Crippen LogP contribution in [0.15, 0.2) is 30.3 Å². The minimum atomic E-state index is -0.555. The van der Waals surface area contributed by atoms with Gasteiger partial charge >= 0.3 is 5.97 Å². The van der Waals surface area contributed by atoms with E-state index in [0.717, 1.165) is 13.1 Å². The first-order valence-corrected chi connectivity index (χ1v) is 7.56. The van der Waals surface area contributed by atoms with Crippen molar-refractivity contribution in [1.82, 2.24) is 10.2 Å². The average molecular weight is 300 g/mol. The topological polar surface area (TPSA) is 58.6 Å². The van der Waals surface area contributed by atoms with Crippen LogP contribution in [0.2, 0.25) is 0 Å². The summed E-state index contributed by atoms with van der Waals surface area (Å²) >= 11 is 0. The lowest BCUT2D eigenvalue weighted by Crippen LogP contribution is -2.40. The molecule has 0 aromatic heterocycles. The molecule has 1 aromatic rings. The van der Waals surface area contributed by atoms with Crippen molar-refractivity contribution < 1.29 is 14.3 Å². The standard InChI is InChI=1S/C16H21BN2O3/c1-2-22-15(20)8-13-10-19(11-14(13)18-16(17)21)9-12-6-4-3-5-7-12/h3-7,13-14H,2,8-11H2,1H3,(H,18,21)/t13-,14?/m0/s1. The Balaban J connectivity index is 1.97. The fourth-order valence-electron chi connectivity index (χ4n) is 2.92. The van der Waals surface area contributed by atoms with Crippen molar-refractivity contribution in [2.75, 3.05) is 19.7 Å². The van der Waals surface area contributed by atoms with Gasteiger partial charge in [-0.2, -0.15) is 0 Å². The molecule has 2 atom stereocenters. The Labute approximate surface area is 132 Å². The maximum Gasteiger partial charge on any atom is 0.306 e. The van der Waals surface area contributed by atoms with Gasteiger partial charge in [-0.15, -0.1) is 0 Å². The summed E-state index contributed by atoms with van der Waals surface area (Å²) < 4.78 is 5.01. The molecule has 0 spiro atoms. The third-order valence-corrected chi connectivity index (χ3v) is 3.83. The zero-order valence-electron chi connectivity index (χ0n) is 12.8. The predicted molar refractivity (Wildman–Crippen MR) is 84.5 cm³/mol. The number of likely N-dealkylation sites (tertiary alicyclic amines) is 1. The second-order valence-corrected chi connectivity index (χ2v) is 5.56. The van der Waals surface area contributed by atoms with Gasteiger partial charge in [0.25, 0.3) is 0 Å². The number of carbonyl (C=O) groups is 2. The minimum Gasteiger partial charge on any atom is -0.466 e. The molecule has 5 nitrogen and oxygen atoms in total. The van der Waals surface area contributed by atoms with Crippen LogP contribution in [-0.2, 0) is 16.1 Å². The van der Waals surface area contributed by atoms with Crippen LogP contribution in [0.4, 0.5) is 4.79 Å². The number of carbonyl (C=O) groups excluding carboxylic acids is 2. The minimum absolute atomic E-state index is 0.0234. The van der Waals surface area contributed by atoms with Crippen LogP contribution in [0, 0.1) is 5.92 Å². The molecule has 1 aliphatic rings. The van der Waals surface area contributed by atoms with E-state index < -0.39 is 5.81 Å². The number of rotatable bonds is 6. The van der Waals surface area contributed by atoms with Crippen LogP contribution >= 0.6 is 0 Å². The molecule has 1 fully saturated rings. The van der Waals surface area contributed by atoms with Crippen molar-refractivity contribution in [1.29, 1.82) is 0 Å². The van der Waals surface area contributed by atoms with Gasteiger partial charge < -0.3 is 10.1 Å². The third-order valence-electron chi connectivity index (χ3n) is 3.83. The Morgan fingerprint density at radius 1 is 1.32 bits per heavy atom. The molecule has 6 heteroatoms. The summed E-state index contributed by atoms with van der Waals surface area (Å²) in [6, 6.07) is 9.99. The lowest BCUT2D eigenvalue weighted by molar-refractivity contribution is -0.144. The van der Waals surface area contributed by atoms with E-state index in [2.05, 4.69) is 22.3 Å². The molecule has 1 aliphatic heterocycles. The Kier molecular flexibility index (Phi) is 6.01. The number of ether oxygens (including phenoxy) is 1. The molecule has 0 saturated carbocycles. The number of amides is 1. The van der Waals surface area contributed by atoms with Gasteiger partial charge in [-0.1, -0.05) is 30.3 Å². The highest BCUT2D eigenvalue weighted by molar-refractivity contribution is 6.57. The summed E-state index contributed by atoms with van der Waals surface area (Å²) in [5.41, 5.74) is 1.21. The molecule has 1 amide bonds. The van der Waals surface area contributed by atoms with Crippen LogP contribution in [-0.4, -0.2) is 50.3 Å². The molecule has 2 radical (unpaired) electrons. The molecule has 1 saturated heterocycles. The summed E-state index contributed by atoms with van der Waals surface area (Å²) in [5, 5.41) is 2.74.